The van der Waals surface area contributed by atoms with Crippen molar-refractivity contribution in [2.45, 2.75) is 18.8 Å². The number of nitrogens with one attached hydrogen (secondary N) is 1. The molecule has 0 saturated heterocycles. The van der Waals surface area contributed by atoms with Crippen LogP contribution in [0.4, 0.5) is 5.95 Å². The topological polar surface area (TPSA) is 85.1 Å². The van der Waals surface area contributed by atoms with Gasteiger partial charge in [0.05, 0.1) is 17.5 Å². The third-order valence-corrected chi connectivity index (χ3v) is 4.57. The zero-order valence-electron chi connectivity index (χ0n) is 13.6. The lowest BCUT2D eigenvalue weighted by atomic mass is 9.82. The first-order valence-corrected chi connectivity index (χ1v) is 8.47. The number of nitrogens with zero attached hydrogens (tertiary/aromatic N) is 2. The Morgan fingerprint density at radius 1 is 1.23 bits per heavy atom. The number of furan rings is 1. The third-order valence-electron chi connectivity index (χ3n) is 4.33. The lowest BCUT2D eigenvalue weighted by Gasteiger charge is -2.23. The SMILES string of the molecule is O=C(Nc1ncc2c(n1)CC(c1cccc(Cl)c1)CC2=O)c1ccco1. The van der Waals surface area contributed by atoms with Gasteiger partial charge in [-0.05, 0) is 42.2 Å². The molecule has 7 heteroatoms. The minimum atomic E-state index is -0.441. The van der Waals surface area contributed by atoms with Gasteiger partial charge in [-0.3, -0.25) is 14.9 Å². The van der Waals surface area contributed by atoms with Gasteiger partial charge in [0.2, 0.25) is 5.95 Å². The lowest BCUT2D eigenvalue weighted by molar-refractivity contribution is 0.0962. The summed E-state index contributed by atoms with van der Waals surface area (Å²) in [6.45, 7) is 0. The molecule has 1 aliphatic carbocycles. The number of amides is 1. The number of fused-ring (bicyclic) bond motifs is 1. The lowest BCUT2D eigenvalue weighted by Crippen LogP contribution is -2.22. The van der Waals surface area contributed by atoms with Crippen molar-refractivity contribution in [3.8, 4) is 0 Å². The monoisotopic (exact) mass is 367 g/mol. The van der Waals surface area contributed by atoms with Crippen molar-refractivity contribution in [3.63, 3.8) is 0 Å². The minimum absolute atomic E-state index is 0.00257. The molecular weight excluding hydrogens is 354 g/mol. The van der Waals surface area contributed by atoms with E-state index in [1.807, 2.05) is 18.2 Å². The number of carbonyl (C=O) groups excluding carboxylic acids is 2. The Morgan fingerprint density at radius 2 is 2.12 bits per heavy atom. The molecule has 6 nitrogen and oxygen atoms in total. The Hall–Kier alpha value is -2.99. The van der Waals surface area contributed by atoms with E-state index >= 15 is 0 Å². The van der Waals surface area contributed by atoms with Gasteiger partial charge in [0.1, 0.15) is 0 Å². The van der Waals surface area contributed by atoms with Crippen molar-refractivity contribution in [2.24, 2.45) is 0 Å². The number of halogens is 1. The molecule has 130 valence electrons. The molecule has 0 spiro atoms. The fourth-order valence-electron chi connectivity index (χ4n) is 3.07. The number of anilines is 1. The van der Waals surface area contributed by atoms with E-state index in [9.17, 15) is 9.59 Å². The molecule has 2 heterocycles. The van der Waals surface area contributed by atoms with Crippen molar-refractivity contribution in [3.05, 3.63) is 76.5 Å². The molecule has 1 aromatic carbocycles. The second kappa shape index (κ2) is 6.72. The van der Waals surface area contributed by atoms with Crippen molar-refractivity contribution < 1.29 is 14.0 Å². The Bertz CT molecular complexity index is 985. The second-order valence-corrected chi connectivity index (χ2v) is 6.51. The van der Waals surface area contributed by atoms with Crippen LogP contribution < -0.4 is 5.32 Å². The quantitative estimate of drug-likeness (QED) is 0.759. The van der Waals surface area contributed by atoms with Crippen LogP contribution in [0.15, 0.2) is 53.3 Å². The average Bonchev–Trinajstić information content (AvgIpc) is 3.16. The van der Waals surface area contributed by atoms with Gasteiger partial charge in [0.15, 0.2) is 11.5 Å². The average molecular weight is 368 g/mol. The number of benzene rings is 1. The van der Waals surface area contributed by atoms with E-state index in [0.29, 0.717) is 29.1 Å². The first kappa shape index (κ1) is 16.5. The van der Waals surface area contributed by atoms with Gasteiger partial charge >= 0.3 is 0 Å². The van der Waals surface area contributed by atoms with E-state index in [4.69, 9.17) is 16.0 Å². The van der Waals surface area contributed by atoms with Crippen molar-refractivity contribution >= 4 is 29.2 Å². The molecule has 0 radical (unpaired) electrons. The summed E-state index contributed by atoms with van der Waals surface area (Å²) < 4.78 is 5.05. The van der Waals surface area contributed by atoms with Crippen LogP contribution in [0, 0.1) is 0 Å². The van der Waals surface area contributed by atoms with Gasteiger partial charge in [0.25, 0.3) is 5.91 Å². The number of Topliss-reactive ketones (excluding diaryl/α,β-unsaturated/α-hetero) is 1. The van der Waals surface area contributed by atoms with Crippen LogP contribution in [0.2, 0.25) is 5.02 Å². The van der Waals surface area contributed by atoms with Gasteiger partial charge < -0.3 is 4.42 Å². The number of hydrogen-bond acceptors (Lipinski definition) is 5. The molecule has 1 amide bonds. The normalized spacial score (nSPS) is 16.2. The van der Waals surface area contributed by atoms with Gasteiger partial charge in [-0.1, -0.05) is 23.7 Å². The molecule has 1 aliphatic rings. The van der Waals surface area contributed by atoms with Crippen LogP contribution in [-0.4, -0.2) is 21.7 Å². The zero-order valence-corrected chi connectivity index (χ0v) is 14.4. The number of carbonyl (C=O) groups is 2. The number of aromatic nitrogens is 2. The highest BCUT2D eigenvalue weighted by Crippen LogP contribution is 2.32. The van der Waals surface area contributed by atoms with E-state index in [-0.39, 0.29) is 23.4 Å². The molecule has 0 fully saturated rings. The first-order chi connectivity index (χ1) is 12.6. The molecule has 4 rings (SSSR count). The summed E-state index contributed by atoms with van der Waals surface area (Å²) in [6, 6.07) is 10.7. The highest BCUT2D eigenvalue weighted by atomic mass is 35.5. The molecule has 1 N–H and O–H groups in total. The summed E-state index contributed by atoms with van der Waals surface area (Å²) >= 11 is 6.07. The van der Waals surface area contributed by atoms with E-state index in [1.165, 1.54) is 12.5 Å². The largest absolute Gasteiger partial charge is 0.459 e. The Morgan fingerprint density at radius 3 is 2.88 bits per heavy atom. The zero-order chi connectivity index (χ0) is 18.1. The second-order valence-electron chi connectivity index (χ2n) is 6.07. The maximum Gasteiger partial charge on any atom is 0.293 e. The number of rotatable bonds is 3. The number of hydrogen-bond donors (Lipinski definition) is 1. The van der Waals surface area contributed by atoms with Gasteiger partial charge in [0, 0.05) is 17.6 Å². The van der Waals surface area contributed by atoms with Crippen LogP contribution in [-0.2, 0) is 6.42 Å². The molecular formula is C19H14ClN3O3. The van der Waals surface area contributed by atoms with Crippen LogP contribution in [0.1, 0.15) is 44.5 Å². The van der Waals surface area contributed by atoms with E-state index in [2.05, 4.69) is 15.3 Å². The molecule has 1 unspecified atom stereocenters. The standard InChI is InChI=1S/C19H14ClN3O3/c20-13-4-1-3-11(7-13)12-8-15-14(16(24)9-12)10-21-19(22-15)23-18(25)17-5-2-6-26-17/h1-7,10,12H,8-9H2,(H,21,22,23,25). The minimum Gasteiger partial charge on any atom is -0.459 e. The van der Waals surface area contributed by atoms with Crippen LogP contribution >= 0.6 is 11.6 Å². The van der Waals surface area contributed by atoms with Crippen molar-refractivity contribution in [1.29, 1.82) is 0 Å². The Kier molecular flexibility index (Phi) is 4.26. The van der Waals surface area contributed by atoms with E-state index in [1.54, 1.807) is 18.2 Å². The maximum atomic E-state index is 12.5. The summed E-state index contributed by atoms with van der Waals surface area (Å²) in [5, 5.41) is 3.22. The van der Waals surface area contributed by atoms with Crippen LogP contribution in [0.3, 0.4) is 0 Å². The molecule has 3 aromatic rings. The van der Waals surface area contributed by atoms with Crippen LogP contribution in [0.25, 0.3) is 0 Å². The number of ketones is 1. The van der Waals surface area contributed by atoms with Crippen molar-refractivity contribution in [1.82, 2.24) is 9.97 Å². The van der Waals surface area contributed by atoms with Crippen LogP contribution in [0.5, 0.6) is 0 Å². The first-order valence-electron chi connectivity index (χ1n) is 8.09. The molecule has 0 aliphatic heterocycles. The summed E-state index contributed by atoms with van der Waals surface area (Å²) in [7, 11) is 0. The summed E-state index contributed by atoms with van der Waals surface area (Å²) in [5.41, 5.74) is 2.12. The molecule has 0 bridgehead atoms. The molecule has 2 aromatic heterocycles. The maximum absolute atomic E-state index is 12.5. The molecule has 1 atom stereocenters. The van der Waals surface area contributed by atoms with Gasteiger partial charge in [-0.25, -0.2) is 9.97 Å². The summed E-state index contributed by atoms with van der Waals surface area (Å²) in [4.78, 5) is 33.0. The molecule has 26 heavy (non-hydrogen) atoms. The molecule has 0 saturated carbocycles. The van der Waals surface area contributed by atoms with Gasteiger partial charge in [-0.2, -0.15) is 0 Å². The predicted molar refractivity (Wildman–Crippen MR) is 95.5 cm³/mol. The summed E-state index contributed by atoms with van der Waals surface area (Å²) in [5.74, 6) is -0.148. The highest BCUT2D eigenvalue weighted by molar-refractivity contribution is 6.30. The Labute approximate surface area is 154 Å². The third kappa shape index (κ3) is 3.23. The fraction of sp³-hybridized carbons (Fsp3) is 0.158. The Balaban J connectivity index is 1.59. The van der Waals surface area contributed by atoms with Gasteiger partial charge in [-0.15, -0.1) is 0 Å². The predicted octanol–water partition coefficient (Wildman–Crippen LogP) is 3.89. The fourth-order valence-corrected chi connectivity index (χ4v) is 3.27. The van der Waals surface area contributed by atoms with E-state index < -0.39 is 5.91 Å². The smallest absolute Gasteiger partial charge is 0.293 e. The van der Waals surface area contributed by atoms with Crippen molar-refractivity contribution in [2.75, 3.05) is 5.32 Å². The highest BCUT2D eigenvalue weighted by Gasteiger charge is 2.28. The summed E-state index contributed by atoms with van der Waals surface area (Å²) in [6.07, 6.45) is 3.84. The van der Waals surface area contributed by atoms with E-state index in [0.717, 1.165) is 5.56 Å².